The molecule has 1 aliphatic rings. The van der Waals surface area contributed by atoms with Gasteiger partial charge in [0.15, 0.2) is 12.2 Å². The molecule has 1 heterocycles. The lowest BCUT2D eigenvalue weighted by molar-refractivity contribution is -0.179. The Hall–Kier alpha value is -1.30. The molecule has 2 atom stereocenters. The van der Waals surface area contributed by atoms with Crippen LogP contribution in [0.3, 0.4) is 0 Å². The van der Waals surface area contributed by atoms with Crippen LogP contribution in [0.15, 0.2) is 0 Å². The van der Waals surface area contributed by atoms with Gasteiger partial charge in [0.1, 0.15) is 0 Å². The second-order valence-corrected chi connectivity index (χ2v) is 4.71. The van der Waals surface area contributed by atoms with Gasteiger partial charge in [0.2, 0.25) is 0 Å². The molecule has 0 bridgehead atoms. The average molecular weight is 352 g/mol. The van der Waals surface area contributed by atoms with Gasteiger partial charge >= 0.3 is 11.9 Å². The molecule has 0 radical (unpaired) electrons. The second-order valence-electron chi connectivity index (χ2n) is 4.71. The van der Waals surface area contributed by atoms with Crippen LogP contribution < -0.4 is 0 Å². The molecule has 1 saturated heterocycles. The van der Waals surface area contributed by atoms with Gasteiger partial charge in [-0.3, -0.25) is 0 Å². The smallest absolute Gasteiger partial charge is 0.336 e. The maximum Gasteiger partial charge on any atom is 0.336 e. The predicted molar refractivity (Wildman–Crippen MR) is 78.0 cm³/mol. The Morgan fingerprint density at radius 3 is 1.04 bits per heavy atom. The van der Waals surface area contributed by atoms with Crippen molar-refractivity contribution in [3.05, 3.63) is 0 Å². The van der Waals surface area contributed by atoms with Crippen LogP contribution in [0.2, 0.25) is 0 Å². The van der Waals surface area contributed by atoms with Crippen molar-refractivity contribution in [3.63, 3.8) is 0 Å². The predicted octanol–water partition coefficient (Wildman–Crippen LogP) is -0.994. The summed E-state index contributed by atoms with van der Waals surface area (Å²) in [7, 11) is 0. The summed E-state index contributed by atoms with van der Waals surface area (Å²) >= 11 is 0. The molecule has 0 aromatic heterocycles. The van der Waals surface area contributed by atoms with E-state index in [9.17, 15) is 9.59 Å². The summed E-state index contributed by atoms with van der Waals surface area (Å²) in [6.45, 7) is 2.28. The highest BCUT2D eigenvalue weighted by molar-refractivity contribution is 5.83. The summed E-state index contributed by atoms with van der Waals surface area (Å²) < 4.78 is 31.1. The lowest BCUT2D eigenvalue weighted by Crippen LogP contribution is -2.44. The standard InChI is InChI=1S/C14H24O10/c15-13(16)11-12(14(17)18)24-10-8-22-6-4-20-2-1-19-3-5-21-7-9-23-11/h11-12H,1-10H2,(H,15,16)(H,17,18). The van der Waals surface area contributed by atoms with Crippen LogP contribution in [0.25, 0.3) is 0 Å². The molecule has 0 aromatic carbocycles. The van der Waals surface area contributed by atoms with Crippen molar-refractivity contribution in [2.75, 3.05) is 66.1 Å². The Bertz CT molecular complexity index is 327. The topological polar surface area (TPSA) is 130 Å². The molecule has 0 aromatic rings. The summed E-state index contributed by atoms with van der Waals surface area (Å²) in [6, 6.07) is 0. The lowest BCUT2D eigenvalue weighted by Gasteiger charge is -2.21. The van der Waals surface area contributed by atoms with Crippen molar-refractivity contribution >= 4 is 11.9 Å². The number of carboxylic acids is 2. The zero-order chi connectivity index (χ0) is 17.6. The highest BCUT2D eigenvalue weighted by atomic mass is 16.6. The fraction of sp³-hybridized carbons (Fsp3) is 0.857. The number of rotatable bonds is 2. The van der Waals surface area contributed by atoms with Crippen LogP contribution in [0.5, 0.6) is 0 Å². The van der Waals surface area contributed by atoms with Gasteiger partial charge in [0, 0.05) is 0 Å². The number of ether oxygens (including phenoxy) is 6. The number of aliphatic carboxylic acids is 2. The average Bonchev–Trinajstić information content (AvgIpc) is 2.54. The molecule has 10 nitrogen and oxygen atoms in total. The van der Waals surface area contributed by atoms with E-state index in [1.54, 1.807) is 0 Å². The number of hydrogen-bond donors (Lipinski definition) is 2. The zero-order valence-electron chi connectivity index (χ0n) is 13.4. The largest absolute Gasteiger partial charge is 0.479 e. The molecule has 24 heavy (non-hydrogen) atoms. The highest BCUT2D eigenvalue weighted by Gasteiger charge is 2.35. The van der Waals surface area contributed by atoms with E-state index in [0.717, 1.165) is 0 Å². The van der Waals surface area contributed by atoms with E-state index >= 15 is 0 Å². The maximum absolute atomic E-state index is 11.2. The number of hydrogen-bond acceptors (Lipinski definition) is 8. The zero-order valence-corrected chi connectivity index (χ0v) is 13.4. The van der Waals surface area contributed by atoms with Gasteiger partial charge < -0.3 is 38.6 Å². The Morgan fingerprint density at radius 1 is 0.542 bits per heavy atom. The molecule has 1 fully saturated rings. The normalized spacial score (nSPS) is 26.8. The third kappa shape index (κ3) is 9.11. The molecule has 0 amide bonds. The molecule has 10 heteroatoms. The maximum atomic E-state index is 11.2. The Balaban J connectivity index is 2.52. The molecule has 2 unspecified atom stereocenters. The van der Waals surface area contributed by atoms with Gasteiger partial charge in [-0.15, -0.1) is 0 Å². The number of carbonyl (C=O) groups is 2. The quantitative estimate of drug-likeness (QED) is 0.638. The molecular weight excluding hydrogens is 328 g/mol. The lowest BCUT2D eigenvalue weighted by atomic mass is 10.2. The second kappa shape index (κ2) is 13.0. The number of carboxylic acid groups (broad SMARTS) is 2. The van der Waals surface area contributed by atoms with Crippen LogP contribution in [-0.2, 0) is 38.0 Å². The first kappa shape index (κ1) is 20.7. The van der Waals surface area contributed by atoms with Gasteiger partial charge in [0.05, 0.1) is 66.1 Å². The van der Waals surface area contributed by atoms with Gasteiger partial charge in [-0.05, 0) is 0 Å². The molecule has 0 spiro atoms. The Morgan fingerprint density at radius 2 is 0.792 bits per heavy atom. The molecular formula is C14H24O10. The van der Waals surface area contributed by atoms with Crippen LogP contribution in [0.4, 0.5) is 0 Å². The Kier molecular flexibility index (Phi) is 11.3. The molecule has 140 valence electrons. The van der Waals surface area contributed by atoms with Gasteiger partial charge in [-0.25, -0.2) is 9.59 Å². The minimum Gasteiger partial charge on any atom is -0.479 e. The molecule has 0 saturated carbocycles. The molecule has 2 N–H and O–H groups in total. The summed E-state index contributed by atoms with van der Waals surface area (Å²) in [5, 5.41) is 18.3. The molecule has 0 aliphatic carbocycles. The molecule has 1 aliphatic heterocycles. The summed E-state index contributed by atoms with van der Waals surface area (Å²) in [5.41, 5.74) is 0. The monoisotopic (exact) mass is 352 g/mol. The van der Waals surface area contributed by atoms with Crippen LogP contribution in [-0.4, -0.2) is 100 Å². The fourth-order valence-electron chi connectivity index (χ4n) is 1.81. The van der Waals surface area contributed by atoms with Crippen LogP contribution in [0, 0.1) is 0 Å². The van der Waals surface area contributed by atoms with Crippen molar-refractivity contribution < 1.29 is 48.2 Å². The van der Waals surface area contributed by atoms with E-state index in [-0.39, 0.29) is 26.4 Å². The molecule has 1 rings (SSSR count). The minimum absolute atomic E-state index is 0.0796. The summed E-state index contributed by atoms with van der Waals surface area (Å²) in [6.07, 6.45) is -3.27. The summed E-state index contributed by atoms with van der Waals surface area (Å²) in [5.74, 6) is -2.84. The van der Waals surface area contributed by atoms with E-state index in [2.05, 4.69) is 0 Å². The van der Waals surface area contributed by atoms with Gasteiger partial charge in [-0.2, -0.15) is 0 Å². The summed E-state index contributed by atoms with van der Waals surface area (Å²) in [4.78, 5) is 22.4. The first-order valence-electron chi connectivity index (χ1n) is 7.62. The first-order valence-corrected chi connectivity index (χ1v) is 7.62. The van der Waals surface area contributed by atoms with E-state index < -0.39 is 24.1 Å². The van der Waals surface area contributed by atoms with Crippen LogP contribution in [0.1, 0.15) is 0 Å². The Labute approximate surface area is 139 Å². The first-order chi connectivity index (χ1) is 11.6. The third-order valence-corrected chi connectivity index (χ3v) is 2.93. The van der Waals surface area contributed by atoms with E-state index in [4.69, 9.17) is 38.6 Å². The third-order valence-electron chi connectivity index (χ3n) is 2.93. The van der Waals surface area contributed by atoms with Crippen LogP contribution >= 0.6 is 0 Å². The van der Waals surface area contributed by atoms with Crippen molar-refractivity contribution in [2.45, 2.75) is 12.2 Å². The van der Waals surface area contributed by atoms with E-state index in [1.807, 2.05) is 0 Å². The van der Waals surface area contributed by atoms with Gasteiger partial charge in [0.25, 0.3) is 0 Å². The SMILES string of the molecule is O=C(O)C1OCCOCCOCCOCCOCCOC1C(=O)O. The van der Waals surface area contributed by atoms with Crippen molar-refractivity contribution in [3.8, 4) is 0 Å². The fourth-order valence-corrected chi connectivity index (χ4v) is 1.81. The van der Waals surface area contributed by atoms with Crippen molar-refractivity contribution in [2.24, 2.45) is 0 Å². The van der Waals surface area contributed by atoms with E-state index in [1.165, 1.54) is 0 Å². The van der Waals surface area contributed by atoms with Crippen molar-refractivity contribution in [1.82, 2.24) is 0 Å². The van der Waals surface area contributed by atoms with E-state index in [0.29, 0.717) is 39.6 Å². The van der Waals surface area contributed by atoms with Crippen molar-refractivity contribution in [1.29, 1.82) is 0 Å². The highest BCUT2D eigenvalue weighted by Crippen LogP contribution is 2.06. The van der Waals surface area contributed by atoms with Gasteiger partial charge in [-0.1, -0.05) is 0 Å². The minimum atomic E-state index is -1.63.